The molecule has 1 aromatic carbocycles. The molecule has 4 nitrogen and oxygen atoms in total. The molecule has 0 aliphatic heterocycles. The molecule has 110 valence electrons. The van der Waals surface area contributed by atoms with Gasteiger partial charge in [0, 0.05) is 12.6 Å². The number of amides is 1. The van der Waals surface area contributed by atoms with Crippen LogP contribution in [0.4, 0.5) is 0 Å². The number of nitrogens with two attached hydrogens (primary N) is 1. The quantitative estimate of drug-likeness (QED) is 0.782. The first-order chi connectivity index (χ1) is 9.63. The van der Waals surface area contributed by atoms with E-state index < -0.39 is 0 Å². The van der Waals surface area contributed by atoms with Crippen LogP contribution in [-0.4, -0.2) is 25.1 Å². The predicted molar refractivity (Wildman–Crippen MR) is 79.5 cm³/mol. The molecule has 20 heavy (non-hydrogen) atoms. The van der Waals surface area contributed by atoms with E-state index in [0.717, 1.165) is 31.4 Å². The van der Waals surface area contributed by atoms with Crippen LogP contribution >= 0.6 is 0 Å². The summed E-state index contributed by atoms with van der Waals surface area (Å²) in [6.45, 7) is 3.21. The molecule has 1 amide bonds. The van der Waals surface area contributed by atoms with Crippen molar-refractivity contribution >= 4 is 5.91 Å². The van der Waals surface area contributed by atoms with Gasteiger partial charge >= 0.3 is 0 Å². The molecule has 2 rings (SSSR count). The van der Waals surface area contributed by atoms with Crippen molar-refractivity contribution in [3.05, 3.63) is 30.3 Å². The molecule has 1 aromatic rings. The number of carbonyl (C=O) groups is 1. The van der Waals surface area contributed by atoms with Gasteiger partial charge in [0.05, 0.1) is 12.0 Å². The molecule has 0 saturated heterocycles. The number of para-hydroxylation sites is 1. The van der Waals surface area contributed by atoms with Crippen LogP contribution in [0.25, 0.3) is 0 Å². The fourth-order valence-corrected chi connectivity index (χ4v) is 2.66. The maximum Gasteiger partial charge on any atom is 0.227 e. The van der Waals surface area contributed by atoms with Crippen LogP contribution in [0.3, 0.4) is 0 Å². The van der Waals surface area contributed by atoms with Crippen molar-refractivity contribution in [3.8, 4) is 5.75 Å². The number of hydrogen-bond acceptors (Lipinski definition) is 3. The molecule has 2 unspecified atom stereocenters. The first kappa shape index (κ1) is 14.9. The lowest BCUT2D eigenvalue weighted by Gasteiger charge is -2.27. The van der Waals surface area contributed by atoms with E-state index in [1.807, 2.05) is 37.3 Å². The van der Waals surface area contributed by atoms with E-state index in [0.29, 0.717) is 13.2 Å². The lowest BCUT2D eigenvalue weighted by atomic mass is 9.84. The minimum atomic E-state index is -0.389. The van der Waals surface area contributed by atoms with Gasteiger partial charge in [0.1, 0.15) is 5.75 Å². The largest absolute Gasteiger partial charge is 0.494 e. The predicted octanol–water partition coefficient (Wildman–Crippen LogP) is 2.09. The average Bonchev–Trinajstić information content (AvgIpc) is 2.80. The van der Waals surface area contributed by atoms with Crippen molar-refractivity contribution < 1.29 is 9.53 Å². The highest BCUT2D eigenvalue weighted by Gasteiger charge is 2.42. The van der Waals surface area contributed by atoms with Crippen LogP contribution in [0.15, 0.2) is 30.3 Å². The summed E-state index contributed by atoms with van der Waals surface area (Å²) in [6.07, 6.45) is 3.68. The smallest absolute Gasteiger partial charge is 0.227 e. The van der Waals surface area contributed by atoms with Crippen molar-refractivity contribution in [1.82, 2.24) is 5.32 Å². The fourth-order valence-electron chi connectivity index (χ4n) is 2.66. The van der Waals surface area contributed by atoms with Gasteiger partial charge in [0.25, 0.3) is 0 Å². The topological polar surface area (TPSA) is 64.3 Å². The maximum absolute atomic E-state index is 12.2. The average molecular weight is 276 g/mol. The Kier molecular flexibility index (Phi) is 5.01. The summed E-state index contributed by atoms with van der Waals surface area (Å²) in [5.74, 6) is 0.950. The van der Waals surface area contributed by atoms with Crippen molar-refractivity contribution in [2.75, 3.05) is 13.2 Å². The van der Waals surface area contributed by atoms with E-state index in [9.17, 15) is 4.79 Å². The zero-order chi connectivity index (χ0) is 14.4. The van der Waals surface area contributed by atoms with Crippen molar-refractivity contribution in [2.24, 2.45) is 11.1 Å². The number of ether oxygens (including phenoxy) is 1. The first-order valence-corrected chi connectivity index (χ1v) is 7.34. The summed E-state index contributed by atoms with van der Waals surface area (Å²) in [7, 11) is 0. The molecule has 1 fully saturated rings. The summed E-state index contributed by atoms with van der Waals surface area (Å²) < 4.78 is 5.58. The Morgan fingerprint density at radius 3 is 2.85 bits per heavy atom. The standard InChI is InChI=1S/C16H24N2O2/c1-16(10-5-9-14(16)17)15(19)18-11-6-12-20-13-7-3-2-4-8-13/h2-4,7-8,14H,5-6,9-12,17H2,1H3,(H,18,19). The van der Waals surface area contributed by atoms with Crippen LogP contribution in [0, 0.1) is 5.41 Å². The highest BCUT2D eigenvalue weighted by atomic mass is 16.5. The fraction of sp³-hybridized carbons (Fsp3) is 0.562. The zero-order valence-corrected chi connectivity index (χ0v) is 12.1. The van der Waals surface area contributed by atoms with Crippen LogP contribution < -0.4 is 15.8 Å². The van der Waals surface area contributed by atoms with Crippen LogP contribution in [0.5, 0.6) is 5.75 Å². The van der Waals surface area contributed by atoms with Gasteiger partial charge in [-0.2, -0.15) is 0 Å². The molecule has 0 radical (unpaired) electrons. The lowest BCUT2D eigenvalue weighted by molar-refractivity contribution is -0.130. The molecule has 4 heteroatoms. The number of hydrogen-bond donors (Lipinski definition) is 2. The van der Waals surface area contributed by atoms with Crippen LogP contribution in [-0.2, 0) is 4.79 Å². The highest BCUT2D eigenvalue weighted by Crippen LogP contribution is 2.36. The molecule has 0 aromatic heterocycles. The van der Waals surface area contributed by atoms with E-state index in [2.05, 4.69) is 5.32 Å². The Morgan fingerprint density at radius 2 is 2.20 bits per heavy atom. The van der Waals surface area contributed by atoms with Crippen molar-refractivity contribution in [2.45, 2.75) is 38.6 Å². The van der Waals surface area contributed by atoms with Gasteiger partial charge in [-0.1, -0.05) is 24.6 Å². The van der Waals surface area contributed by atoms with Gasteiger partial charge in [-0.05, 0) is 38.3 Å². The second-order valence-corrected chi connectivity index (χ2v) is 5.69. The molecule has 3 N–H and O–H groups in total. The van der Waals surface area contributed by atoms with Crippen molar-refractivity contribution in [1.29, 1.82) is 0 Å². The second kappa shape index (κ2) is 6.75. The van der Waals surface area contributed by atoms with Gasteiger partial charge < -0.3 is 15.8 Å². The molecule has 2 atom stereocenters. The third-order valence-corrected chi connectivity index (χ3v) is 4.17. The molecule has 1 aliphatic rings. The normalized spacial score (nSPS) is 25.4. The van der Waals surface area contributed by atoms with Gasteiger partial charge in [0.15, 0.2) is 0 Å². The maximum atomic E-state index is 12.2. The van der Waals surface area contributed by atoms with E-state index in [4.69, 9.17) is 10.5 Å². The number of nitrogens with one attached hydrogen (secondary N) is 1. The SMILES string of the molecule is CC1(C(=O)NCCCOc2ccccc2)CCCC1N. The minimum absolute atomic E-state index is 0.0110. The molecule has 0 spiro atoms. The molecule has 1 saturated carbocycles. The number of benzene rings is 1. The Bertz CT molecular complexity index is 435. The first-order valence-electron chi connectivity index (χ1n) is 7.34. The van der Waals surface area contributed by atoms with E-state index in [1.54, 1.807) is 0 Å². The number of rotatable bonds is 6. The summed E-state index contributed by atoms with van der Waals surface area (Å²) in [5, 5.41) is 2.98. The van der Waals surface area contributed by atoms with Gasteiger partial charge in [-0.15, -0.1) is 0 Å². The monoisotopic (exact) mass is 276 g/mol. The molecular formula is C16H24N2O2. The van der Waals surface area contributed by atoms with Gasteiger partial charge in [-0.3, -0.25) is 4.79 Å². The molecule has 0 heterocycles. The third kappa shape index (κ3) is 3.51. The Hall–Kier alpha value is -1.55. The lowest BCUT2D eigenvalue weighted by Crippen LogP contribution is -2.47. The number of carbonyl (C=O) groups excluding carboxylic acids is 1. The summed E-state index contributed by atoms with van der Waals surface area (Å²) >= 11 is 0. The summed E-state index contributed by atoms with van der Waals surface area (Å²) in [6, 6.07) is 9.69. The summed E-state index contributed by atoms with van der Waals surface area (Å²) in [5.41, 5.74) is 5.65. The van der Waals surface area contributed by atoms with E-state index in [-0.39, 0.29) is 17.4 Å². The zero-order valence-electron chi connectivity index (χ0n) is 12.1. The third-order valence-electron chi connectivity index (χ3n) is 4.17. The van der Waals surface area contributed by atoms with Gasteiger partial charge in [0.2, 0.25) is 5.91 Å². The Balaban J connectivity index is 1.65. The van der Waals surface area contributed by atoms with Crippen molar-refractivity contribution in [3.63, 3.8) is 0 Å². The molecule has 1 aliphatic carbocycles. The molecule has 0 bridgehead atoms. The summed E-state index contributed by atoms with van der Waals surface area (Å²) in [4.78, 5) is 12.2. The second-order valence-electron chi connectivity index (χ2n) is 5.69. The van der Waals surface area contributed by atoms with Gasteiger partial charge in [-0.25, -0.2) is 0 Å². The Morgan fingerprint density at radius 1 is 1.45 bits per heavy atom. The Labute approximate surface area is 120 Å². The van der Waals surface area contributed by atoms with E-state index in [1.165, 1.54) is 0 Å². The van der Waals surface area contributed by atoms with Crippen LogP contribution in [0.1, 0.15) is 32.6 Å². The molecular weight excluding hydrogens is 252 g/mol. The van der Waals surface area contributed by atoms with E-state index >= 15 is 0 Å². The highest BCUT2D eigenvalue weighted by molar-refractivity contribution is 5.83. The minimum Gasteiger partial charge on any atom is -0.494 e. The van der Waals surface area contributed by atoms with Crippen LogP contribution in [0.2, 0.25) is 0 Å².